The van der Waals surface area contributed by atoms with Gasteiger partial charge in [-0.2, -0.15) is 0 Å². The van der Waals surface area contributed by atoms with Crippen molar-refractivity contribution in [2.24, 2.45) is 0 Å². The lowest BCUT2D eigenvalue weighted by atomic mass is 10.4. The maximum absolute atomic E-state index is 8.58. The Hall–Kier alpha value is -0.870. The summed E-state index contributed by atoms with van der Waals surface area (Å²) in [7, 11) is 0. The fraction of sp³-hybridized carbons (Fsp3) is 0.200. The van der Waals surface area contributed by atoms with Crippen LogP contribution >= 0.6 is 34.4 Å². The summed E-state index contributed by atoms with van der Waals surface area (Å²) in [6.45, 7) is -0.0905. The molecule has 0 saturated heterocycles. The van der Waals surface area contributed by atoms with E-state index in [4.69, 9.17) is 5.11 Å². The summed E-state index contributed by atoms with van der Waals surface area (Å²) in [6, 6.07) is 4.03. The van der Waals surface area contributed by atoms with Crippen LogP contribution in [0.5, 0.6) is 0 Å². The summed E-state index contributed by atoms with van der Waals surface area (Å²) < 4.78 is 0.983. The first-order chi connectivity index (χ1) is 7.88. The van der Waals surface area contributed by atoms with Gasteiger partial charge in [0.15, 0.2) is 4.34 Å². The predicted octanol–water partition coefficient (Wildman–Crippen LogP) is 2.24. The number of aromatic nitrogens is 2. The quantitative estimate of drug-likeness (QED) is 0.685. The van der Waals surface area contributed by atoms with E-state index in [1.165, 1.54) is 4.88 Å². The molecule has 0 aliphatic heterocycles. The van der Waals surface area contributed by atoms with E-state index in [0.717, 1.165) is 15.0 Å². The molecule has 3 nitrogen and oxygen atoms in total. The average Bonchev–Trinajstić information content (AvgIpc) is 2.95. The van der Waals surface area contributed by atoms with Crippen molar-refractivity contribution in [3.8, 4) is 11.8 Å². The minimum absolute atomic E-state index is 0.0905. The van der Waals surface area contributed by atoms with Crippen LogP contribution in [0.4, 0.5) is 0 Å². The summed E-state index contributed by atoms with van der Waals surface area (Å²) in [6.07, 6.45) is 0. The maximum atomic E-state index is 8.58. The second kappa shape index (κ2) is 6.01. The molecular formula is C10H8N2OS3. The van der Waals surface area contributed by atoms with Gasteiger partial charge >= 0.3 is 0 Å². The van der Waals surface area contributed by atoms with E-state index in [0.29, 0.717) is 0 Å². The van der Waals surface area contributed by atoms with Gasteiger partial charge in [-0.1, -0.05) is 34.9 Å². The molecule has 2 heterocycles. The maximum Gasteiger partial charge on any atom is 0.174 e. The lowest BCUT2D eigenvalue weighted by Gasteiger charge is -1.91. The summed E-state index contributed by atoms with van der Waals surface area (Å²) >= 11 is 4.87. The van der Waals surface area contributed by atoms with Crippen LogP contribution < -0.4 is 0 Å². The lowest BCUT2D eigenvalue weighted by molar-refractivity contribution is 0.350. The number of rotatable bonds is 3. The zero-order valence-corrected chi connectivity index (χ0v) is 10.7. The van der Waals surface area contributed by atoms with Crippen LogP contribution in [0.25, 0.3) is 0 Å². The van der Waals surface area contributed by atoms with Crippen LogP contribution in [-0.2, 0) is 5.75 Å². The normalized spacial score (nSPS) is 9.81. The minimum Gasteiger partial charge on any atom is -0.384 e. The Balaban J connectivity index is 1.93. The van der Waals surface area contributed by atoms with Gasteiger partial charge in [-0.15, -0.1) is 21.5 Å². The largest absolute Gasteiger partial charge is 0.384 e. The third-order valence-electron chi connectivity index (χ3n) is 1.63. The first kappa shape index (κ1) is 11.6. The van der Waals surface area contributed by atoms with Gasteiger partial charge in [0.05, 0.1) is 4.88 Å². The Morgan fingerprint density at radius 3 is 3.12 bits per heavy atom. The van der Waals surface area contributed by atoms with Gasteiger partial charge in [-0.05, 0) is 12.1 Å². The second-order valence-electron chi connectivity index (χ2n) is 2.72. The fourth-order valence-electron chi connectivity index (χ4n) is 1.01. The standard InChI is InChI=1S/C10H8N2OS3/c13-5-1-2-8-3-4-9(16-8)6-14-10-12-11-7-15-10/h3-4,7,13H,5-6H2. The third kappa shape index (κ3) is 3.32. The van der Waals surface area contributed by atoms with Gasteiger partial charge < -0.3 is 5.11 Å². The monoisotopic (exact) mass is 268 g/mol. The molecule has 2 rings (SSSR count). The number of thiophene rings is 1. The van der Waals surface area contributed by atoms with E-state index in [2.05, 4.69) is 28.1 Å². The Labute approximate surface area is 106 Å². The Kier molecular flexibility index (Phi) is 4.36. The van der Waals surface area contributed by atoms with Crippen molar-refractivity contribution < 1.29 is 5.11 Å². The molecule has 1 N–H and O–H groups in total. The van der Waals surface area contributed by atoms with Crippen molar-refractivity contribution in [2.45, 2.75) is 10.1 Å². The topological polar surface area (TPSA) is 46.0 Å². The lowest BCUT2D eigenvalue weighted by Crippen LogP contribution is -1.73. The van der Waals surface area contributed by atoms with Crippen LogP contribution in [0.15, 0.2) is 22.0 Å². The summed E-state index contributed by atoms with van der Waals surface area (Å²) in [5, 5.41) is 16.3. The molecule has 2 aromatic rings. The molecule has 0 spiro atoms. The highest BCUT2D eigenvalue weighted by Crippen LogP contribution is 2.27. The number of hydrogen-bond acceptors (Lipinski definition) is 6. The van der Waals surface area contributed by atoms with Gasteiger partial charge in [0.2, 0.25) is 0 Å². The zero-order chi connectivity index (χ0) is 11.2. The van der Waals surface area contributed by atoms with Gasteiger partial charge in [0.25, 0.3) is 0 Å². The van der Waals surface area contributed by atoms with Crippen molar-refractivity contribution in [1.82, 2.24) is 10.2 Å². The van der Waals surface area contributed by atoms with Crippen molar-refractivity contribution in [2.75, 3.05) is 6.61 Å². The van der Waals surface area contributed by atoms with Crippen LogP contribution in [0.1, 0.15) is 9.75 Å². The molecular weight excluding hydrogens is 260 g/mol. The molecule has 0 aliphatic rings. The highest BCUT2D eigenvalue weighted by molar-refractivity contribution is 8.00. The first-order valence-corrected chi connectivity index (χ1v) is 7.14. The molecule has 0 unspecified atom stereocenters. The van der Waals surface area contributed by atoms with E-state index in [9.17, 15) is 0 Å². The molecule has 0 bridgehead atoms. The number of nitrogens with zero attached hydrogens (tertiary/aromatic N) is 2. The van der Waals surface area contributed by atoms with E-state index < -0.39 is 0 Å². The number of aliphatic hydroxyl groups excluding tert-OH is 1. The van der Waals surface area contributed by atoms with Crippen LogP contribution in [0.2, 0.25) is 0 Å². The van der Waals surface area contributed by atoms with Crippen molar-refractivity contribution >= 4 is 34.4 Å². The molecule has 0 atom stereocenters. The summed E-state index contributed by atoms with van der Waals surface area (Å²) in [5.74, 6) is 6.42. The van der Waals surface area contributed by atoms with Gasteiger partial charge in [0, 0.05) is 10.6 Å². The highest BCUT2D eigenvalue weighted by atomic mass is 32.2. The second-order valence-corrected chi connectivity index (χ2v) is 5.94. The summed E-state index contributed by atoms with van der Waals surface area (Å²) in [5.41, 5.74) is 1.73. The van der Waals surface area contributed by atoms with Crippen molar-refractivity contribution in [3.05, 3.63) is 27.4 Å². The van der Waals surface area contributed by atoms with E-state index in [1.54, 1.807) is 39.9 Å². The van der Waals surface area contributed by atoms with Gasteiger partial charge in [-0.3, -0.25) is 0 Å². The van der Waals surface area contributed by atoms with Crippen molar-refractivity contribution in [3.63, 3.8) is 0 Å². The SMILES string of the molecule is OCC#Cc1ccc(CSc2nncs2)s1. The Bertz CT molecular complexity index is 496. The zero-order valence-electron chi connectivity index (χ0n) is 8.21. The molecule has 2 aromatic heterocycles. The molecule has 16 heavy (non-hydrogen) atoms. The molecule has 0 aromatic carbocycles. The molecule has 0 aliphatic carbocycles. The third-order valence-corrected chi connectivity index (χ3v) is 4.72. The van der Waals surface area contributed by atoms with Crippen LogP contribution in [0, 0.1) is 11.8 Å². The molecule has 0 amide bonds. The minimum atomic E-state index is -0.0905. The van der Waals surface area contributed by atoms with Gasteiger partial charge in [-0.25, -0.2) is 0 Å². The van der Waals surface area contributed by atoms with Crippen molar-refractivity contribution in [1.29, 1.82) is 0 Å². The molecule has 0 fully saturated rings. The van der Waals surface area contributed by atoms with E-state index in [-0.39, 0.29) is 6.61 Å². The number of aliphatic hydroxyl groups is 1. The Morgan fingerprint density at radius 2 is 2.38 bits per heavy atom. The smallest absolute Gasteiger partial charge is 0.174 e. The van der Waals surface area contributed by atoms with Gasteiger partial charge in [0.1, 0.15) is 12.1 Å². The van der Waals surface area contributed by atoms with E-state index in [1.807, 2.05) is 6.07 Å². The number of thioether (sulfide) groups is 1. The van der Waals surface area contributed by atoms with E-state index >= 15 is 0 Å². The first-order valence-electron chi connectivity index (χ1n) is 4.46. The Morgan fingerprint density at radius 1 is 1.44 bits per heavy atom. The average molecular weight is 268 g/mol. The number of hydrogen-bond donors (Lipinski definition) is 1. The molecule has 82 valence electrons. The summed E-state index contributed by atoms with van der Waals surface area (Å²) in [4.78, 5) is 2.24. The fourth-order valence-corrected chi connectivity index (χ4v) is 3.42. The van der Waals surface area contributed by atoms with Crippen LogP contribution in [0.3, 0.4) is 0 Å². The van der Waals surface area contributed by atoms with Crippen LogP contribution in [-0.4, -0.2) is 21.9 Å². The predicted molar refractivity (Wildman–Crippen MR) is 67.8 cm³/mol. The molecule has 0 radical (unpaired) electrons. The highest BCUT2D eigenvalue weighted by Gasteiger charge is 2.01. The molecule has 6 heteroatoms. The molecule has 0 saturated carbocycles.